The summed E-state index contributed by atoms with van der Waals surface area (Å²) in [6.45, 7) is 1.95. The Labute approximate surface area is 175 Å². The minimum absolute atomic E-state index is 0.475. The summed E-state index contributed by atoms with van der Waals surface area (Å²) in [7, 11) is -3.29. The lowest BCUT2D eigenvalue weighted by molar-refractivity contribution is -0.141. The van der Waals surface area contributed by atoms with E-state index in [9.17, 15) is 18.3 Å². The highest BCUT2D eigenvalue weighted by Crippen LogP contribution is 2.35. The second-order valence-corrected chi connectivity index (χ2v) is 9.33. The van der Waals surface area contributed by atoms with Gasteiger partial charge in [0.25, 0.3) is 0 Å². The molecule has 3 aromatic rings. The molecule has 0 fully saturated rings. The van der Waals surface area contributed by atoms with Crippen molar-refractivity contribution in [2.24, 2.45) is 0 Å². The Balaban J connectivity index is 2.32. The molecule has 0 aliphatic rings. The summed E-state index contributed by atoms with van der Waals surface area (Å²) in [6, 6.07) is 13.9. The Morgan fingerprint density at radius 1 is 1.21 bits per heavy atom. The van der Waals surface area contributed by atoms with E-state index in [1.165, 1.54) is 0 Å². The highest BCUT2D eigenvalue weighted by atomic mass is 35.5. The average molecular weight is 432 g/mol. The number of carboxylic acid groups (broad SMARTS) is 1. The molecule has 29 heavy (non-hydrogen) atoms. The highest BCUT2D eigenvalue weighted by molar-refractivity contribution is 7.93. The van der Waals surface area contributed by atoms with Gasteiger partial charge in [-0.15, -0.1) is 0 Å². The zero-order valence-corrected chi connectivity index (χ0v) is 17.7. The fourth-order valence-electron chi connectivity index (χ4n) is 3.43. The first-order valence-electron chi connectivity index (χ1n) is 9.22. The summed E-state index contributed by atoms with van der Waals surface area (Å²) in [4.78, 5) is 12.1. The van der Waals surface area contributed by atoms with Crippen molar-refractivity contribution >= 4 is 44.4 Å². The van der Waals surface area contributed by atoms with E-state index in [1.54, 1.807) is 24.3 Å². The molecule has 1 N–H and O–H groups in total. The lowest BCUT2D eigenvalue weighted by Crippen LogP contribution is -2.19. The minimum atomic E-state index is -3.29. The lowest BCUT2D eigenvalue weighted by Gasteiger charge is -2.19. The molecule has 7 heteroatoms. The lowest BCUT2D eigenvalue weighted by atomic mass is 10.1. The maximum absolute atomic E-state index is 12.1. The van der Waals surface area contributed by atoms with Crippen LogP contribution in [0.15, 0.2) is 53.9 Å². The smallest absolute Gasteiger partial charge is 0.326 e. The van der Waals surface area contributed by atoms with Crippen molar-refractivity contribution in [3.05, 3.63) is 64.5 Å². The van der Waals surface area contributed by atoms with Gasteiger partial charge in [-0.3, -0.25) is 0 Å². The Morgan fingerprint density at radius 2 is 1.90 bits per heavy atom. The first kappa shape index (κ1) is 21.1. The molecular formula is C22H22ClNO4S. The number of halogens is 1. The summed E-state index contributed by atoms with van der Waals surface area (Å²) < 4.78 is 25.0. The van der Waals surface area contributed by atoms with Crippen LogP contribution in [0.4, 0.5) is 0 Å². The molecule has 1 aromatic heterocycles. The van der Waals surface area contributed by atoms with Gasteiger partial charge in [-0.2, -0.15) is 0 Å². The van der Waals surface area contributed by atoms with Crippen LogP contribution >= 0.6 is 11.6 Å². The quantitative estimate of drug-likeness (QED) is 0.543. The maximum atomic E-state index is 12.1. The number of benzene rings is 2. The van der Waals surface area contributed by atoms with Crippen molar-refractivity contribution in [1.29, 1.82) is 0 Å². The number of aliphatic carboxylic acids is 1. The summed E-state index contributed by atoms with van der Waals surface area (Å²) in [5, 5.41) is 12.4. The molecule has 5 nitrogen and oxygen atoms in total. The van der Waals surface area contributed by atoms with E-state index in [0.29, 0.717) is 23.4 Å². The number of carboxylic acids is 1. The summed E-state index contributed by atoms with van der Waals surface area (Å²) in [6.07, 6.45) is 3.87. The third kappa shape index (κ3) is 4.71. The molecule has 152 valence electrons. The topological polar surface area (TPSA) is 76.4 Å². The van der Waals surface area contributed by atoms with Gasteiger partial charge in [-0.25, -0.2) is 13.2 Å². The fraction of sp³-hybridized carbons (Fsp3) is 0.227. The van der Waals surface area contributed by atoms with Gasteiger partial charge < -0.3 is 9.67 Å². The Bertz CT molecular complexity index is 1180. The first-order chi connectivity index (χ1) is 13.7. The highest BCUT2D eigenvalue weighted by Gasteiger charge is 2.24. The van der Waals surface area contributed by atoms with Gasteiger partial charge in [0, 0.05) is 33.3 Å². The molecule has 0 saturated heterocycles. The van der Waals surface area contributed by atoms with Gasteiger partial charge in [0.05, 0.1) is 0 Å². The van der Waals surface area contributed by atoms with Crippen molar-refractivity contribution in [3.8, 4) is 11.3 Å². The van der Waals surface area contributed by atoms with Crippen molar-refractivity contribution in [1.82, 2.24) is 4.57 Å². The largest absolute Gasteiger partial charge is 0.480 e. The molecule has 0 amide bonds. The standard InChI is InChI=1S/C22H22ClNO4S/c1-3-5-20(22(25)26)24-19-7-4-6-15(12-13-29(2,27)28)18(19)14-21(24)16-8-10-17(23)11-9-16/h4,6-14,20H,3,5H2,1-2H3,(H,25,26)/b13-12+. The minimum Gasteiger partial charge on any atom is -0.480 e. The molecule has 1 atom stereocenters. The predicted octanol–water partition coefficient (Wildman–Crippen LogP) is 5.40. The second kappa shape index (κ2) is 8.43. The molecule has 3 rings (SSSR count). The van der Waals surface area contributed by atoms with Gasteiger partial charge >= 0.3 is 5.97 Å². The summed E-state index contributed by atoms with van der Waals surface area (Å²) in [5.74, 6) is -0.906. The monoisotopic (exact) mass is 431 g/mol. The van der Waals surface area contributed by atoms with E-state index in [4.69, 9.17) is 11.6 Å². The van der Waals surface area contributed by atoms with Crippen molar-refractivity contribution in [2.45, 2.75) is 25.8 Å². The van der Waals surface area contributed by atoms with Gasteiger partial charge in [0.15, 0.2) is 9.84 Å². The number of hydrogen-bond donors (Lipinski definition) is 1. The van der Waals surface area contributed by atoms with Crippen molar-refractivity contribution < 1.29 is 18.3 Å². The summed E-state index contributed by atoms with van der Waals surface area (Å²) in [5.41, 5.74) is 3.04. The van der Waals surface area contributed by atoms with E-state index in [0.717, 1.165) is 33.8 Å². The average Bonchev–Trinajstić information content (AvgIpc) is 3.04. The van der Waals surface area contributed by atoms with Crippen LogP contribution < -0.4 is 0 Å². The van der Waals surface area contributed by atoms with Gasteiger partial charge in [0.2, 0.25) is 0 Å². The van der Waals surface area contributed by atoms with Gasteiger partial charge in [-0.05, 0) is 47.9 Å². The van der Waals surface area contributed by atoms with Crippen molar-refractivity contribution in [2.75, 3.05) is 6.26 Å². The SMILES string of the molecule is CCCC(C(=O)O)n1c(-c2ccc(Cl)cc2)cc2c(/C=C/S(C)(=O)=O)cccc21. The number of rotatable bonds is 7. The molecule has 1 heterocycles. The van der Waals surface area contributed by atoms with Crippen LogP contribution in [0, 0.1) is 0 Å². The zero-order valence-electron chi connectivity index (χ0n) is 16.2. The molecule has 0 spiro atoms. The van der Waals surface area contributed by atoms with Crippen LogP contribution in [0.2, 0.25) is 5.02 Å². The number of sulfone groups is 1. The Hall–Kier alpha value is -2.57. The maximum Gasteiger partial charge on any atom is 0.326 e. The van der Waals surface area contributed by atoms with Crippen LogP contribution in [0.5, 0.6) is 0 Å². The molecular weight excluding hydrogens is 410 g/mol. The molecule has 0 aliphatic carbocycles. The van der Waals surface area contributed by atoms with E-state index in [-0.39, 0.29) is 0 Å². The normalized spacial score (nSPS) is 13.2. The number of carbonyl (C=O) groups is 1. The van der Waals surface area contributed by atoms with E-state index < -0.39 is 21.8 Å². The Kier molecular flexibility index (Phi) is 6.15. The number of nitrogens with zero attached hydrogens (tertiary/aromatic N) is 1. The fourth-order valence-corrected chi connectivity index (χ4v) is 3.95. The Morgan fingerprint density at radius 3 is 2.48 bits per heavy atom. The molecule has 0 bridgehead atoms. The number of hydrogen-bond acceptors (Lipinski definition) is 3. The summed E-state index contributed by atoms with van der Waals surface area (Å²) >= 11 is 6.02. The zero-order chi connectivity index (χ0) is 21.2. The van der Waals surface area contributed by atoms with Crippen molar-refractivity contribution in [3.63, 3.8) is 0 Å². The molecule has 0 aliphatic heterocycles. The molecule has 2 aromatic carbocycles. The third-order valence-electron chi connectivity index (χ3n) is 4.71. The predicted molar refractivity (Wildman–Crippen MR) is 118 cm³/mol. The third-order valence-corrected chi connectivity index (χ3v) is 5.59. The van der Waals surface area contributed by atoms with Gasteiger partial charge in [0.1, 0.15) is 6.04 Å². The number of aromatic nitrogens is 1. The first-order valence-corrected chi connectivity index (χ1v) is 11.6. The second-order valence-electron chi connectivity index (χ2n) is 6.96. The van der Waals surface area contributed by atoms with Crippen LogP contribution in [-0.2, 0) is 14.6 Å². The van der Waals surface area contributed by atoms with Crippen LogP contribution in [0.1, 0.15) is 31.4 Å². The number of fused-ring (bicyclic) bond motifs is 1. The van der Waals surface area contributed by atoms with E-state index in [1.807, 2.05) is 41.8 Å². The van der Waals surface area contributed by atoms with Crippen LogP contribution in [0.3, 0.4) is 0 Å². The van der Waals surface area contributed by atoms with E-state index in [2.05, 4.69) is 0 Å². The van der Waals surface area contributed by atoms with Crippen LogP contribution in [0.25, 0.3) is 28.2 Å². The van der Waals surface area contributed by atoms with Crippen LogP contribution in [-0.4, -0.2) is 30.3 Å². The molecule has 1 unspecified atom stereocenters. The van der Waals surface area contributed by atoms with Gasteiger partial charge in [-0.1, -0.05) is 49.2 Å². The molecule has 0 radical (unpaired) electrons. The van der Waals surface area contributed by atoms with E-state index >= 15 is 0 Å². The molecule has 0 saturated carbocycles.